The second-order valence-corrected chi connectivity index (χ2v) is 5.16. The molecule has 20 heavy (non-hydrogen) atoms. The van der Waals surface area contributed by atoms with Crippen LogP contribution in [0.25, 0.3) is 0 Å². The number of halogens is 2. The highest BCUT2D eigenvalue weighted by atomic mass is 127. The zero-order chi connectivity index (χ0) is 14.5. The largest absolute Gasteiger partial charge is 0.478 e. The Morgan fingerprint density at radius 2 is 1.95 bits per heavy atom. The Kier molecular flexibility index (Phi) is 4.67. The molecule has 2 N–H and O–H groups in total. The predicted octanol–water partition coefficient (Wildman–Crippen LogP) is 3.57. The summed E-state index contributed by atoms with van der Waals surface area (Å²) in [5.41, 5.74) is 3.91. The number of rotatable bonds is 4. The van der Waals surface area contributed by atoms with Crippen LogP contribution in [0, 0.1) is 9.39 Å². The van der Waals surface area contributed by atoms with Crippen LogP contribution in [0.2, 0.25) is 0 Å². The van der Waals surface area contributed by atoms with Crippen molar-refractivity contribution in [2.24, 2.45) is 5.10 Å². The first-order valence-corrected chi connectivity index (χ1v) is 6.71. The van der Waals surface area contributed by atoms with E-state index in [1.165, 1.54) is 24.4 Å². The van der Waals surface area contributed by atoms with Gasteiger partial charge in [0.15, 0.2) is 0 Å². The number of nitrogens with one attached hydrogen (secondary N) is 1. The quantitative estimate of drug-likeness (QED) is 0.481. The zero-order valence-corrected chi connectivity index (χ0v) is 12.3. The zero-order valence-electron chi connectivity index (χ0n) is 10.2. The molecule has 0 aliphatic heterocycles. The smallest absolute Gasteiger partial charge is 0.335 e. The van der Waals surface area contributed by atoms with Crippen molar-refractivity contribution < 1.29 is 14.3 Å². The highest BCUT2D eigenvalue weighted by Crippen LogP contribution is 2.12. The molecule has 6 heteroatoms. The lowest BCUT2D eigenvalue weighted by molar-refractivity contribution is 0.0697. The fraction of sp³-hybridized carbons (Fsp3) is 0. The lowest BCUT2D eigenvalue weighted by Crippen LogP contribution is -1.97. The van der Waals surface area contributed by atoms with Gasteiger partial charge in [0.25, 0.3) is 0 Å². The van der Waals surface area contributed by atoms with Crippen molar-refractivity contribution in [3.05, 3.63) is 63.0 Å². The Bertz CT molecular complexity index is 657. The summed E-state index contributed by atoms with van der Waals surface area (Å²) in [7, 11) is 0. The van der Waals surface area contributed by atoms with E-state index in [-0.39, 0.29) is 11.4 Å². The normalized spacial score (nSPS) is 10.7. The molecule has 0 unspecified atom stereocenters. The molecule has 4 nitrogen and oxygen atoms in total. The van der Waals surface area contributed by atoms with Crippen LogP contribution in [0.15, 0.2) is 47.6 Å². The number of carboxylic acid groups (broad SMARTS) is 1. The van der Waals surface area contributed by atoms with Gasteiger partial charge in [0.05, 0.1) is 17.5 Å². The van der Waals surface area contributed by atoms with Crippen molar-refractivity contribution in [3.63, 3.8) is 0 Å². The van der Waals surface area contributed by atoms with Crippen molar-refractivity contribution in [3.8, 4) is 0 Å². The summed E-state index contributed by atoms with van der Waals surface area (Å²) in [6.07, 6.45) is 1.38. The Balaban J connectivity index is 2.06. The topological polar surface area (TPSA) is 61.7 Å². The number of nitrogens with zero attached hydrogens (tertiary/aromatic N) is 1. The maximum atomic E-state index is 13.4. The van der Waals surface area contributed by atoms with Gasteiger partial charge in [0, 0.05) is 9.13 Å². The third kappa shape index (κ3) is 3.77. The molecule has 0 aromatic heterocycles. The average molecular weight is 384 g/mol. The highest BCUT2D eigenvalue weighted by Gasteiger charge is 2.01. The molecule has 0 heterocycles. The summed E-state index contributed by atoms with van der Waals surface area (Å²) in [6.45, 7) is 0. The van der Waals surface area contributed by atoms with Gasteiger partial charge < -0.3 is 5.11 Å². The maximum absolute atomic E-state index is 13.4. The summed E-state index contributed by atoms with van der Waals surface area (Å²) >= 11 is 2.09. The van der Waals surface area contributed by atoms with E-state index < -0.39 is 5.97 Å². The van der Waals surface area contributed by atoms with Gasteiger partial charge in [-0.25, -0.2) is 9.18 Å². The molecule has 0 bridgehead atoms. The molecule has 0 atom stereocenters. The van der Waals surface area contributed by atoms with Crippen LogP contribution in [0.1, 0.15) is 15.9 Å². The van der Waals surface area contributed by atoms with Gasteiger partial charge in [-0.15, -0.1) is 0 Å². The van der Waals surface area contributed by atoms with Gasteiger partial charge in [-0.05, 0) is 65.1 Å². The number of hydrazone groups is 1. The van der Waals surface area contributed by atoms with Gasteiger partial charge in [-0.1, -0.05) is 0 Å². The number of benzene rings is 2. The molecule has 2 aromatic carbocycles. The van der Waals surface area contributed by atoms with E-state index in [1.54, 1.807) is 24.3 Å². The molecule has 0 aliphatic rings. The second kappa shape index (κ2) is 6.47. The first kappa shape index (κ1) is 14.4. The Morgan fingerprint density at radius 1 is 1.25 bits per heavy atom. The Hall–Kier alpha value is -1.96. The van der Waals surface area contributed by atoms with Gasteiger partial charge in [-0.2, -0.15) is 5.10 Å². The van der Waals surface area contributed by atoms with Crippen molar-refractivity contribution >= 4 is 40.5 Å². The van der Waals surface area contributed by atoms with E-state index in [2.05, 4.69) is 33.1 Å². The molecule has 0 saturated heterocycles. The van der Waals surface area contributed by atoms with E-state index in [0.717, 1.165) is 3.57 Å². The summed E-state index contributed by atoms with van der Waals surface area (Å²) in [6, 6.07) is 10.8. The van der Waals surface area contributed by atoms with Crippen LogP contribution in [0.5, 0.6) is 0 Å². The third-order valence-corrected chi connectivity index (χ3v) is 3.16. The molecule has 2 aromatic rings. The minimum absolute atomic E-state index is 0.197. The number of anilines is 1. The number of aromatic carboxylic acids is 1. The van der Waals surface area contributed by atoms with E-state index in [9.17, 15) is 9.18 Å². The van der Waals surface area contributed by atoms with Crippen LogP contribution in [-0.2, 0) is 0 Å². The SMILES string of the molecule is O=C(O)c1ccc(NN=Cc2cc(I)ccc2F)cc1. The summed E-state index contributed by atoms with van der Waals surface area (Å²) < 4.78 is 14.4. The van der Waals surface area contributed by atoms with Gasteiger partial charge >= 0.3 is 5.97 Å². The number of hydrogen-bond donors (Lipinski definition) is 2. The van der Waals surface area contributed by atoms with Crippen LogP contribution in [0.4, 0.5) is 10.1 Å². The van der Waals surface area contributed by atoms with E-state index in [1.807, 2.05) is 0 Å². The van der Waals surface area contributed by atoms with Gasteiger partial charge in [-0.3, -0.25) is 5.43 Å². The monoisotopic (exact) mass is 384 g/mol. The van der Waals surface area contributed by atoms with Crippen molar-refractivity contribution in [2.45, 2.75) is 0 Å². The van der Waals surface area contributed by atoms with Gasteiger partial charge in [0.1, 0.15) is 5.82 Å². The Morgan fingerprint density at radius 3 is 2.60 bits per heavy atom. The average Bonchev–Trinajstić information content (AvgIpc) is 2.43. The van der Waals surface area contributed by atoms with Crippen LogP contribution >= 0.6 is 22.6 Å². The molecular formula is C14H10FIN2O2. The second-order valence-electron chi connectivity index (χ2n) is 3.92. The van der Waals surface area contributed by atoms with Crippen LogP contribution < -0.4 is 5.43 Å². The molecule has 2 rings (SSSR count). The fourth-order valence-corrected chi connectivity index (χ4v) is 1.99. The molecule has 0 spiro atoms. The van der Waals surface area contributed by atoms with Gasteiger partial charge in [0.2, 0.25) is 0 Å². The molecular weight excluding hydrogens is 374 g/mol. The lowest BCUT2D eigenvalue weighted by Gasteiger charge is -2.01. The van der Waals surface area contributed by atoms with Crippen molar-refractivity contribution in [1.29, 1.82) is 0 Å². The number of carboxylic acids is 1. The molecule has 0 amide bonds. The fourth-order valence-electron chi connectivity index (χ4n) is 1.48. The van der Waals surface area contributed by atoms with Crippen molar-refractivity contribution in [2.75, 3.05) is 5.43 Å². The standard InChI is InChI=1S/C14H10FIN2O2/c15-13-6-3-11(16)7-10(13)8-17-18-12-4-1-9(2-5-12)14(19)20/h1-8,18H,(H,19,20). The number of carbonyl (C=O) groups is 1. The maximum Gasteiger partial charge on any atom is 0.335 e. The predicted molar refractivity (Wildman–Crippen MR) is 83.7 cm³/mol. The van der Waals surface area contributed by atoms with Crippen LogP contribution in [-0.4, -0.2) is 17.3 Å². The molecule has 0 aliphatic carbocycles. The Labute approximate surface area is 128 Å². The minimum atomic E-state index is -0.985. The molecule has 102 valence electrons. The first-order chi connectivity index (χ1) is 9.56. The summed E-state index contributed by atoms with van der Waals surface area (Å²) in [5.74, 6) is -1.34. The lowest BCUT2D eigenvalue weighted by atomic mass is 10.2. The van der Waals surface area contributed by atoms with Crippen LogP contribution in [0.3, 0.4) is 0 Å². The molecule has 0 radical (unpaired) electrons. The summed E-state index contributed by atoms with van der Waals surface area (Å²) in [5, 5.41) is 12.7. The van der Waals surface area contributed by atoms with E-state index >= 15 is 0 Å². The summed E-state index contributed by atoms with van der Waals surface area (Å²) in [4.78, 5) is 10.7. The molecule has 0 fully saturated rings. The van der Waals surface area contributed by atoms with E-state index in [0.29, 0.717) is 11.3 Å². The first-order valence-electron chi connectivity index (χ1n) is 5.64. The minimum Gasteiger partial charge on any atom is -0.478 e. The number of hydrogen-bond acceptors (Lipinski definition) is 3. The highest BCUT2D eigenvalue weighted by molar-refractivity contribution is 14.1. The third-order valence-electron chi connectivity index (χ3n) is 2.49. The van der Waals surface area contributed by atoms with Crippen molar-refractivity contribution in [1.82, 2.24) is 0 Å². The molecule has 0 saturated carbocycles. The van der Waals surface area contributed by atoms with E-state index in [4.69, 9.17) is 5.11 Å².